The fourth-order valence-electron chi connectivity index (χ4n) is 1.88. The maximum Gasteiger partial charge on any atom is 0.395 e. The van der Waals surface area contributed by atoms with E-state index < -0.39 is 40.9 Å². The second-order valence-electron chi connectivity index (χ2n) is 5.30. The molecule has 0 amide bonds. The van der Waals surface area contributed by atoms with Crippen molar-refractivity contribution in [3.8, 4) is 5.75 Å². The molecule has 0 aromatic heterocycles. The Morgan fingerprint density at radius 3 is 2.05 bits per heavy atom. The Balaban J connectivity index is 3.06. The number of nitrogens with two attached hydrogens (primary N) is 1. The molecule has 1 unspecified atom stereocenters. The summed E-state index contributed by atoms with van der Waals surface area (Å²) in [5.41, 5.74) is -0.132. The Bertz CT molecular complexity index is 516. The van der Waals surface area contributed by atoms with E-state index in [1.807, 2.05) is 0 Å². The molecular weight excluding hydrogens is 329 g/mol. The van der Waals surface area contributed by atoms with E-state index in [9.17, 15) is 26.2 Å². The van der Waals surface area contributed by atoms with E-state index in [1.165, 1.54) is 13.8 Å². The highest BCUT2D eigenvalue weighted by atomic mass is 32.2. The third kappa shape index (κ3) is 5.20. The monoisotopic (exact) mass is 345 g/mol. The maximum atomic E-state index is 13.2. The van der Waals surface area contributed by atoms with E-state index in [0.29, 0.717) is 0 Å². The molecule has 0 bridgehead atoms. The molecule has 2 N–H and O–H groups in total. The van der Waals surface area contributed by atoms with Gasteiger partial charge in [-0.25, -0.2) is 4.21 Å². The topological polar surface area (TPSA) is 52.3 Å². The molecule has 0 aliphatic heterocycles. The van der Waals surface area contributed by atoms with E-state index in [4.69, 9.17) is 5.14 Å². The minimum Gasteiger partial charge on any atom is -0.435 e. The van der Waals surface area contributed by atoms with Crippen molar-refractivity contribution in [2.24, 2.45) is 5.14 Å². The second-order valence-corrected chi connectivity index (χ2v) is 7.00. The molecule has 1 aromatic rings. The Morgan fingerprint density at radius 2 is 1.68 bits per heavy atom. The van der Waals surface area contributed by atoms with Crippen molar-refractivity contribution in [2.45, 2.75) is 43.7 Å². The highest BCUT2D eigenvalue weighted by Crippen LogP contribution is 2.41. The summed E-state index contributed by atoms with van der Waals surface area (Å²) >= 11 is 0. The van der Waals surface area contributed by atoms with Gasteiger partial charge in [0.1, 0.15) is 5.75 Å². The fourth-order valence-corrected chi connectivity index (χ4v) is 2.21. The quantitative estimate of drug-likeness (QED) is 0.799. The van der Waals surface area contributed by atoms with Crippen LogP contribution in [-0.4, -0.2) is 21.7 Å². The van der Waals surface area contributed by atoms with Gasteiger partial charge in [-0.3, -0.25) is 5.14 Å². The third-order valence-corrected chi connectivity index (χ3v) is 4.40. The Kier molecular flexibility index (Phi) is 5.91. The van der Waals surface area contributed by atoms with Crippen LogP contribution in [0.15, 0.2) is 24.3 Å². The lowest BCUT2D eigenvalue weighted by Crippen LogP contribution is -2.37. The largest absolute Gasteiger partial charge is 0.435 e. The average molecular weight is 345 g/mol. The van der Waals surface area contributed by atoms with Gasteiger partial charge < -0.3 is 4.74 Å². The molecule has 0 saturated carbocycles. The Labute approximate surface area is 127 Å². The molecule has 0 heterocycles. The van der Waals surface area contributed by atoms with Gasteiger partial charge in [-0.2, -0.15) is 22.0 Å². The van der Waals surface area contributed by atoms with Crippen LogP contribution in [0.1, 0.15) is 31.7 Å². The Hall–Kier alpha value is -1.22. The lowest BCUT2D eigenvalue weighted by atomic mass is 9.89. The summed E-state index contributed by atoms with van der Waals surface area (Å²) in [6, 6.07) is 4.19. The summed E-state index contributed by atoms with van der Waals surface area (Å²) in [5, 5.41) is 5.22. The van der Waals surface area contributed by atoms with E-state index in [2.05, 4.69) is 4.74 Å². The highest BCUT2D eigenvalue weighted by molar-refractivity contribution is 7.84. The molecule has 3 nitrogen and oxygen atoms in total. The fraction of sp³-hybridized carbons (Fsp3) is 0.538. The number of benzene rings is 1. The van der Waals surface area contributed by atoms with Crippen molar-refractivity contribution in [3.63, 3.8) is 0 Å². The first-order valence-corrected chi connectivity index (χ1v) is 7.42. The lowest BCUT2D eigenvalue weighted by molar-refractivity contribution is -0.153. The van der Waals surface area contributed by atoms with Gasteiger partial charge in [0.05, 0.1) is 21.7 Å². The maximum absolute atomic E-state index is 13.2. The highest BCUT2D eigenvalue weighted by Gasteiger charge is 2.44. The molecule has 0 saturated heterocycles. The first-order chi connectivity index (χ1) is 9.93. The summed E-state index contributed by atoms with van der Waals surface area (Å²) in [7, 11) is -1.94. The van der Waals surface area contributed by atoms with Crippen molar-refractivity contribution in [1.82, 2.24) is 0 Å². The minimum atomic E-state index is -4.58. The summed E-state index contributed by atoms with van der Waals surface area (Å²) in [4.78, 5) is 0. The van der Waals surface area contributed by atoms with E-state index in [0.717, 1.165) is 24.3 Å². The van der Waals surface area contributed by atoms with Crippen molar-refractivity contribution >= 4 is 11.0 Å². The summed E-state index contributed by atoms with van der Waals surface area (Å²) in [6.07, 6.45) is -5.07. The van der Waals surface area contributed by atoms with Crippen LogP contribution in [0.5, 0.6) is 5.75 Å². The predicted octanol–water partition coefficient (Wildman–Crippen LogP) is 3.73. The van der Waals surface area contributed by atoms with Crippen LogP contribution >= 0.6 is 0 Å². The molecule has 0 fully saturated rings. The number of hydrogen-bond acceptors (Lipinski definition) is 2. The molecule has 126 valence electrons. The second kappa shape index (κ2) is 6.91. The van der Waals surface area contributed by atoms with Gasteiger partial charge in [0.15, 0.2) is 0 Å². The summed E-state index contributed by atoms with van der Waals surface area (Å²) in [6.45, 7) is -0.311. The number of hydrogen-bond donors (Lipinski definition) is 1. The van der Waals surface area contributed by atoms with Gasteiger partial charge in [0, 0.05) is 0 Å². The molecule has 0 spiro atoms. The van der Waals surface area contributed by atoms with Crippen LogP contribution in [0.3, 0.4) is 0 Å². The SMILES string of the molecule is CC(C)(C[C@H](c1ccc(OC(F)F)cc1)C(F)(F)F)S(N)=O. The van der Waals surface area contributed by atoms with E-state index in [-0.39, 0.29) is 11.3 Å². The van der Waals surface area contributed by atoms with Gasteiger partial charge in [0.25, 0.3) is 0 Å². The van der Waals surface area contributed by atoms with Crippen LogP contribution in [0.2, 0.25) is 0 Å². The number of ether oxygens (including phenoxy) is 1. The van der Waals surface area contributed by atoms with Gasteiger partial charge in [-0.15, -0.1) is 0 Å². The van der Waals surface area contributed by atoms with Crippen molar-refractivity contribution in [3.05, 3.63) is 29.8 Å². The van der Waals surface area contributed by atoms with Crippen LogP contribution in [0.4, 0.5) is 22.0 Å². The molecule has 1 rings (SSSR count). The van der Waals surface area contributed by atoms with Gasteiger partial charge >= 0.3 is 12.8 Å². The van der Waals surface area contributed by atoms with Crippen LogP contribution in [-0.2, 0) is 11.0 Å². The molecule has 1 aromatic carbocycles. The zero-order valence-corrected chi connectivity index (χ0v) is 12.7. The van der Waals surface area contributed by atoms with Gasteiger partial charge in [-0.1, -0.05) is 12.1 Å². The summed E-state index contributed by atoms with van der Waals surface area (Å²) < 4.78 is 77.9. The lowest BCUT2D eigenvalue weighted by Gasteiger charge is -2.29. The zero-order valence-electron chi connectivity index (χ0n) is 11.9. The molecule has 2 atom stereocenters. The first kappa shape index (κ1) is 18.8. The van der Waals surface area contributed by atoms with Crippen LogP contribution in [0, 0.1) is 0 Å². The molecule has 9 heteroatoms. The third-order valence-electron chi connectivity index (χ3n) is 3.14. The zero-order chi connectivity index (χ0) is 17.1. The molecule has 0 radical (unpaired) electrons. The number of alkyl halides is 5. The minimum absolute atomic E-state index is 0.132. The molecular formula is C13H16F5NO2S. The summed E-state index contributed by atoms with van der Waals surface area (Å²) in [5.74, 6) is -2.14. The van der Waals surface area contributed by atoms with Gasteiger partial charge in [-0.05, 0) is 38.0 Å². The average Bonchev–Trinajstić information content (AvgIpc) is 2.35. The predicted molar refractivity (Wildman–Crippen MR) is 72.9 cm³/mol. The van der Waals surface area contributed by atoms with Crippen LogP contribution in [0.25, 0.3) is 0 Å². The normalized spacial score (nSPS) is 15.7. The standard InChI is InChI=1S/C13H16F5NO2S/c1-12(2,22(19)20)7-10(13(16,17)18)8-3-5-9(6-4-8)21-11(14)15/h3-6,10-11H,7,19H2,1-2H3/t10-,22?/m1/s1. The van der Waals surface area contributed by atoms with Crippen molar-refractivity contribution in [1.29, 1.82) is 0 Å². The van der Waals surface area contributed by atoms with Crippen molar-refractivity contribution in [2.75, 3.05) is 0 Å². The first-order valence-electron chi connectivity index (χ1n) is 6.21. The Morgan fingerprint density at radius 1 is 1.18 bits per heavy atom. The molecule has 0 aliphatic carbocycles. The number of rotatable bonds is 6. The van der Waals surface area contributed by atoms with Crippen molar-refractivity contribution < 1.29 is 30.9 Å². The smallest absolute Gasteiger partial charge is 0.395 e. The van der Waals surface area contributed by atoms with E-state index >= 15 is 0 Å². The van der Waals surface area contributed by atoms with Gasteiger partial charge in [0.2, 0.25) is 0 Å². The number of halogens is 5. The van der Waals surface area contributed by atoms with E-state index in [1.54, 1.807) is 0 Å². The molecule has 22 heavy (non-hydrogen) atoms. The molecule has 0 aliphatic rings. The van der Waals surface area contributed by atoms with Crippen LogP contribution < -0.4 is 9.88 Å².